The number of rotatable bonds is 7. The molecule has 1 amide bonds. The number of amides is 1. The molecule has 1 N–H and O–H groups in total. The zero-order chi connectivity index (χ0) is 17.4. The maximum atomic E-state index is 12.0. The van der Waals surface area contributed by atoms with E-state index < -0.39 is 0 Å². The van der Waals surface area contributed by atoms with E-state index in [1.807, 2.05) is 49.4 Å². The van der Waals surface area contributed by atoms with E-state index >= 15 is 0 Å². The number of ether oxygens (including phenoxy) is 1. The van der Waals surface area contributed by atoms with E-state index in [9.17, 15) is 9.59 Å². The maximum absolute atomic E-state index is 12.0. The molecule has 0 saturated carbocycles. The first-order chi connectivity index (χ1) is 11.6. The highest BCUT2D eigenvalue weighted by Gasteiger charge is 2.10. The molecule has 0 radical (unpaired) electrons. The van der Waals surface area contributed by atoms with Gasteiger partial charge in [0.05, 0.1) is 24.5 Å². The zero-order valence-electron chi connectivity index (χ0n) is 13.8. The van der Waals surface area contributed by atoms with Crippen LogP contribution in [0.25, 0.3) is 0 Å². The van der Waals surface area contributed by atoms with Gasteiger partial charge in [-0.2, -0.15) is 0 Å². The molecule has 0 bridgehead atoms. The van der Waals surface area contributed by atoms with Gasteiger partial charge in [-0.1, -0.05) is 42.5 Å². The number of methoxy groups -OCH3 is 1. The van der Waals surface area contributed by atoms with Crippen LogP contribution < -0.4 is 5.32 Å². The summed E-state index contributed by atoms with van der Waals surface area (Å²) in [6.07, 6.45) is 0. The lowest BCUT2D eigenvalue weighted by atomic mass is 10.1. The van der Waals surface area contributed by atoms with Crippen LogP contribution in [0.3, 0.4) is 0 Å². The van der Waals surface area contributed by atoms with Gasteiger partial charge < -0.3 is 10.1 Å². The van der Waals surface area contributed by atoms with Crippen molar-refractivity contribution in [2.24, 2.45) is 0 Å². The van der Waals surface area contributed by atoms with Crippen LogP contribution in [-0.2, 0) is 15.3 Å². The first kappa shape index (κ1) is 18.1. The van der Waals surface area contributed by atoms with Crippen LogP contribution in [0.4, 0.5) is 0 Å². The molecule has 0 saturated heterocycles. The number of esters is 1. The van der Waals surface area contributed by atoms with Crippen molar-refractivity contribution in [1.29, 1.82) is 0 Å². The van der Waals surface area contributed by atoms with Gasteiger partial charge in [0.2, 0.25) is 5.91 Å². The Hall–Kier alpha value is -2.27. The maximum Gasteiger partial charge on any atom is 0.337 e. The number of thioether (sulfide) groups is 1. The third-order valence-electron chi connectivity index (χ3n) is 3.53. The van der Waals surface area contributed by atoms with Gasteiger partial charge in [-0.3, -0.25) is 4.79 Å². The molecule has 5 heteroatoms. The summed E-state index contributed by atoms with van der Waals surface area (Å²) in [4.78, 5) is 23.5. The average molecular weight is 343 g/mol. The fraction of sp³-hybridized carbons (Fsp3) is 0.263. The van der Waals surface area contributed by atoms with E-state index in [4.69, 9.17) is 4.74 Å². The van der Waals surface area contributed by atoms with Crippen molar-refractivity contribution in [2.75, 3.05) is 12.9 Å². The fourth-order valence-corrected chi connectivity index (χ4v) is 3.06. The highest BCUT2D eigenvalue weighted by atomic mass is 32.2. The summed E-state index contributed by atoms with van der Waals surface area (Å²) in [5, 5.41) is 2.99. The van der Waals surface area contributed by atoms with Gasteiger partial charge in [0, 0.05) is 5.75 Å². The van der Waals surface area contributed by atoms with E-state index in [0.717, 1.165) is 11.1 Å². The van der Waals surface area contributed by atoms with Crippen molar-refractivity contribution >= 4 is 23.6 Å². The summed E-state index contributed by atoms with van der Waals surface area (Å²) >= 11 is 1.52. The molecule has 0 unspecified atom stereocenters. The van der Waals surface area contributed by atoms with Crippen LogP contribution in [0.5, 0.6) is 0 Å². The topological polar surface area (TPSA) is 55.4 Å². The monoisotopic (exact) mass is 343 g/mol. The lowest BCUT2D eigenvalue weighted by Crippen LogP contribution is -2.28. The SMILES string of the molecule is COC(=O)c1cccc(CSCC(=O)N[C@H](C)c2ccccc2)c1. The Balaban J connectivity index is 1.79. The smallest absolute Gasteiger partial charge is 0.337 e. The second kappa shape index (κ2) is 9.13. The van der Waals surface area contributed by atoms with E-state index in [0.29, 0.717) is 17.1 Å². The quantitative estimate of drug-likeness (QED) is 0.781. The molecule has 0 fully saturated rings. The third kappa shape index (κ3) is 5.42. The van der Waals surface area contributed by atoms with Crippen molar-refractivity contribution in [3.63, 3.8) is 0 Å². The molecule has 0 aromatic heterocycles. The molecule has 2 aromatic rings. The van der Waals surface area contributed by atoms with Gasteiger partial charge in [-0.05, 0) is 30.2 Å². The number of nitrogens with one attached hydrogen (secondary N) is 1. The summed E-state index contributed by atoms with van der Waals surface area (Å²) in [6, 6.07) is 17.1. The molecule has 1 atom stereocenters. The minimum atomic E-state index is -0.351. The number of carbonyl (C=O) groups is 2. The van der Waals surface area contributed by atoms with E-state index in [1.165, 1.54) is 18.9 Å². The molecule has 0 spiro atoms. The Morgan fingerprint density at radius 2 is 1.88 bits per heavy atom. The van der Waals surface area contributed by atoms with Gasteiger partial charge in [-0.25, -0.2) is 4.79 Å². The second-order valence-electron chi connectivity index (χ2n) is 5.38. The van der Waals surface area contributed by atoms with Crippen molar-refractivity contribution in [2.45, 2.75) is 18.7 Å². The van der Waals surface area contributed by atoms with Gasteiger partial charge in [-0.15, -0.1) is 11.8 Å². The van der Waals surface area contributed by atoms with Gasteiger partial charge in [0.15, 0.2) is 0 Å². The molecule has 2 aromatic carbocycles. The predicted octanol–water partition coefficient (Wildman–Crippen LogP) is 3.58. The van der Waals surface area contributed by atoms with Crippen LogP contribution in [-0.4, -0.2) is 24.7 Å². The zero-order valence-corrected chi connectivity index (χ0v) is 14.6. The predicted molar refractivity (Wildman–Crippen MR) is 96.9 cm³/mol. The Bertz CT molecular complexity index is 688. The molecule has 0 aliphatic rings. The van der Waals surface area contributed by atoms with Crippen molar-refractivity contribution in [3.8, 4) is 0 Å². The fourth-order valence-electron chi connectivity index (χ4n) is 2.28. The molecule has 0 aliphatic carbocycles. The summed E-state index contributed by atoms with van der Waals surface area (Å²) < 4.78 is 4.71. The van der Waals surface area contributed by atoms with Crippen LogP contribution in [0.1, 0.15) is 34.5 Å². The van der Waals surface area contributed by atoms with Crippen LogP contribution in [0.15, 0.2) is 54.6 Å². The second-order valence-corrected chi connectivity index (χ2v) is 6.37. The summed E-state index contributed by atoms with van der Waals surface area (Å²) in [7, 11) is 1.36. The normalized spacial score (nSPS) is 11.6. The van der Waals surface area contributed by atoms with Crippen LogP contribution in [0.2, 0.25) is 0 Å². The number of hydrogen-bond donors (Lipinski definition) is 1. The average Bonchev–Trinajstić information content (AvgIpc) is 2.62. The molecule has 24 heavy (non-hydrogen) atoms. The Kier molecular flexibility index (Phi) is 6.88. The minimum absolute atomic E-state index is 0.000440. The first-order valence-corrected chi connectivity index (χ1v) is 8.85. The lowest BCUT2D eigenvalue weighted by molar-refractivity contribution is -0.119. The molecular weight excluding hydrogens is 322 g/mol. The molecule has 0 aliphatic heterocycles. The Morgan fingerprint density at radius 3 is 2.58 bits per heavy atom. The lowest BCUT2D eigenvalue weighted by Gasteiger charge is -2.14. The highest BCUT2D eigenvalue weighted by molar-refractivity contribution is 7.99. The summed E-state index contributed by atoms with van der Waals surface area (Å²) in [5.41, 5.74) is 2.60. The van der Waals surface area contributed by atoms with Gasteiger partial charge in [0.1, 0.15) is 0 Å². The standard InChI is InChI=1S/C19H21NO3S/c1-14(16-8-4-3-5-9-16)20-18(21)13-24-12-15-7-6-10-17(11-15)19(22)23-2/h3-11,14H,12-13H2,1-2H3,(H,20,21)/t14-/m1/s1. The molecule has 4 nitrogen and oxygen atoms in total. The molecular formula is C19H21NO3S. The Morgan fingerprint density at radius 1 is 1.12 bits per heavy atom. The molecule has 0 heterocycles. The van der Waals surface area contributed by atoms with Gasteiger partial charge in [0.25, 0.3) is 0 Å². The van der Waals surface area contributed by atoms with Crippen LogP contribution in [0, 0.1) is 0 Å². The number of benzene rings is 2. The third-order valence-corrected chi connectivity index (χ3v) is 4.53. The largest absolute Gasteiger partial charge is 0.465 e. The first-order valence-electron chi connectivity index (χ1n) is 7.69. The molecule has 126 valence electrons. The van der Waals surface area contributed by atoms with E-state index in [1.54, 1.807) is 12.1 Å². The summed E-state index contributed by atoms with van der Waals surface area (Å²) in [6.45, 7) is 1.97. The number of carbonyl (C=O) groups excluding carboxylic acids is 2. The van der Waals surface area contributed by atoms with Gasteiger partial charge >= 0.3 is 5.97 Å². The van der Waals surface area contributed by atoms with Crippen molar-refractivity contribution in [3.05, 3.63) is 71.3 Å². The van der Waals surface area contributed by atoms with E-state index in [-0.39, 0.29) is 17.9 Å². The van der Waals surface area contributed by atoms with Crippen molar-refractivity contribution < 1.29 is 14.3 Å². The van der Waals surface area contributed by atoms with E-state index in [2.05, 4.69) is 5.32 Å². The van der Waals surface area contributed by atoms with Crippen LogP contribution >= 0.6 is 11.8 Å². The number of hydrogen-bond acceptors (Lipinski definition) is 4. The van der Waals surface area contributed by atoms with Crippen molar-refractivity contribution in [1.82, 2.24) is 5.32 Å². The Labute approximate surface area is 146 Å². The summed E-state index contributed by atoms with van der Waals surface area (Å²) in [5.74, 6) is 0.689. The molecule has 2 rings (SSSR count). The minimum Gasteiger partial charge on any atom is -0.465 e. The highest BCUT2D eigenvalue weighted by Crippen LogP contribution is 2.15.